The highest BCUT2D eigenvalue weighted by atomic mass is 79.9. The standard InChI is InChI=1S/C15H18BrNO4/c1-2-21-14(19)15(20)7-9-17(10-8-15)13(18)11-3-5-12(16)6-4-11/h3-6,20H,2,7-10H2,1H3. The Kier molecular flexibility index (Phi) is 5.00. The van der Waals surface area contributed by atoms with E-state index in [9.17, 15) is 14.7 Å². The molecule has 1 N–H and O–H groups in total. The largest absolute Gasteiger partial charge is 0.464 e. The van der Waals surface area contributed by atoms with Crippen LogP contribution in [-0.2, 0) is 9.53 Å². The van der Waals surface area contributed by atoms with Crippen LogP contribution in [0.3, 0.4) is 0 Å². The van der Waals surface area contributed by atoms with E-state index >= 15 is 0 Å². The molecule has 1 aromatic carbocycles. The van der Waals surface area contributed by atoms with E-state index in [4.69, 9.17) is 4.74 Å². The van der Waals surface area contributed by atoms with Gasteiger partial charge in [-0.2, -0.15) is 0 Å². The Bertz CT molecular complexity index is 521. The SMILES string of the molecule is CCOC(=O)C1(O)CCN(C(=O)c2ccc(Br)cc2)CC1. The van der Waals surface area contributed by atoms with Crippen LogP contribution < -0.4 is 0 Å². The normalized spacial score (nSPS) is 17.4. The first-order chi connectivity index (χ1) is 9.96. The molecular weight excluding hydrogens is 338 g/mol. The molecule has 0 aliphatic carbocycles. The molecule has 5 nitrogen and oxygen atoms in total. The average molecular weight is 356 g/mol. The number of nitrogens with zero attached hydrogens (tertiary/aromatic N) is 1. The molecule has 1 aliphatic rings. The summed E-state index contributed by atoms with van der Waals surface area (Å²) in [6.07, 6.45) is 0.405. The highest BCUT2D eigenvalue weighted by Crippen LogP contribution is 2.25. The second kappa shape index (κ2) is 6.58. The lowest BCUT2D eigenvalue weighted by molar-refractivity contribution is -0.169. The van der Waals surface area contributed by atoms with Gasteiger partial charge in [-0.1, -0.05) is 15.9 Å². The van der Waals surface area contributed by atoms with Gasteiger partial charge >= 0.3 is 5.97 Å². The second-order valence-corrected chi connectivity index (χ2v) is 5.97. The molecule has 0 saturated carbocycles. The molecule has 0 aromatic heterocycles. The van der Waals surface area contributed by atoms with Crippen molar-refractivity contribution in [2.24, 2.45) is 0 Å². The molecule has 2 rings (SSSR count). The Labute approximate surface area is 132 Å². The van der Waals surface area contributed by atoms with Gasteiger partial charge in [0, 0.05) is 36.0 Å². The van der Waals surface area contributed by atoms with E-state index in [2.05, 4.69) is 15.9 Å². The highest BCUT2D eigenvalue weighted by molar-refractivity contribution is 9.10. The molecule has 21 heavy (non-hydrogen) atoms. The number of amides is 1. The van der Waals surface area contributed by atoms with Gasteiger partial charge < -0.3 is 14.7 Å². The number of piperidine rings is 1. The number of carbonyl (C=O) groups is 2. The van der Waals surface area contributed by atoms with E-state index in [0.29, 0.717) is 18.7 Å². The summed E-state index contributed by atoms with van der Waals surface area (Å²) in [4.78, 5) is 25.7. The van der Waals surface area contributed by atoms with Crippen LogP contribution in [-0.4, -0.2) is 47.2 Å². The van der Waals surface area contributed by atoms with E-state index in [0.717, 1.165) is 4.47 Å². The Morgan fingerprint density at radius 2 is 1.86 bits per heavy atom. The minimum absolute atomic E-state index is 0.0894. The van der Waals surface area contributed by atoms with E-state index in [1.807, 2.05) is 12.1 Å². The fraction of sp³-hybridized carbons (Fsp3) is 0.467. The predicted molar refractivity (Wildman–Crippen MR) is 80.9 cm³/mol. The van der Waals surface area contributed by atoms with Gasteiger partial charge in [0.25, 0.3) is 5.91 Å². The van der Waals surface area contributed by atoms with Gasteiger partial charge in [-0.3, -0.25) is 4.79 Å². The number of likely N-dealkylation sites (tertiary alicyclic amines) is 1. The summed E-state index contributed by atoms with van der Waals surface area (Å²) in [7, 11) is 0. The van der Waals surface area contributed by atoms with Crippen molar-refractivity contribution < 1.29 is 19.4 Å². The fourth-order valence-corrected chi connectivity index (χ4v) is 2.59. The molecule has 1 aromatic rings. The van der Waals surface area contributed by atoms with Crippen LogP contribution in [0.5, 0.6) is 0 Å². The first-order valence-electron chi connectivity index (χ1n) is 6.91. The number of aliphatic hydroxyl groups is 1. The third-order valence-electron chi connectivity index (χ3n) is 3.62. The molecule has 1 saturated heterocycles. The first kappa shape index (κ1) is 16.0. The van der Waals surface area contributed by atoms with Crippen molar-refractivity contribution in [3.05, 3.63) is 34.3 Å². The van der Waals surface area contributed by atoms with Gasteiger partial charge in [-0.15, -0.1) is 0 Å². The van der Waals surface area contributed by atoms with Gasteiger partial charge in [-0.25, -0.2) is 4.79 Å². The zero-order valence-electron chi connectivity index (χ0n) is 11.8. The average Bonchev–Trinajstić information content (AvgIpc) is 2.48. The maximum Gasteiger partial charge on any atom is 0.338 e. The Hall–Kier alpha value is -1.40. The topological polar surface area (TPSA) is 66.8 Å². The minimum atomic E-state index is -1.47. The number of ether oxygens (including phenoxy) is 1. The highest BCUT2D eigenvalue weighted by Gasteiger charge is 2.41. The van der Waals surface area contributed by atoms with Gasteiger partial charge in [0.2, 0.25) is 0 Å². The van der Waals surface area contributed by atoms with E-state index in [1.165, 1.54) is 0 Å². The number of halogens is 1. The fourth-order valence-electron chi connectivity index (χ4n) is 2.32. The van der Waals surface area contributed by atoms with E-state index < -0.39 is 11.6 Å². The molecular formula is C15H18BrNO4. The maximum atomic E-state index is 12.3. The van der Waals surface area contributed by atoms with Gasteiger partial charge in [0.05, 0.1) is 6.61 Å². The first-order valence-corrected chi connectivity index (χ1v) is 7.70. The Morgan fingerprint density at radius 1 is 1.29 bits per heavy atom. The van der Waals surface area contributed by atoms with Gasteiger partial charge in [-0.05, 0) is 31.2 Å². The zero-order chi connectivity index (χ0) is 15.5. The quantitative estimate of drug-likeness (QED) is 0.841. The van der Waals surface area contributed by atoms with Crippen LogP contribution in [0.25, 0.3) is 0 Å². The van der Waals surface area contributed by atoms with Crippen LogP contribution in [0.2, 0.25) is 0 Å². The monoisotopic (exact) mass is 355 g/mol. The Morgan fingerprint density at radius 3 is 2.38 bits per heavy atom. The summed E-state index contributed by atoms with van der Waals surface area (Å²) in [5, 5.41) is 10.3. The van der Waals surface area contributed by atoms with E-state index in [1.54, 1.807) is 24.0 Å². The molecule has 0 spiro atoms. The number of esters is 1. The smallest absolute Gasteiger partial charge is 0.338 e. The van der Waals surface area contributed by atoms with Crippen molar-refractivity contribution in [2.45, 2.75) is 25.4 Å². The lowest BCUT2D eigenvalue weighted by Gasteiger charge is -2.36. The summed E-state index contributed by atoms with van der Waals surface area (Å²) in [6, 6.07) is 7.12. The molecule has 6 heteroatoms. The van der Waals surface area contributed by atoms with E-state index in [-0.39, 0.29) is 25.4 Å². The molecule has 1 aliphatic heterocycles. The van der Waals surface area contributed by atoms with Crippen molar-refractivity contribution >= 4 is 27.8 Å². The number of benzene rings is 1. The Balaban J connectivity index is 1.99. The zero-order valence-corrected chi connectivity index (χ0v) is 13.4. The molecule has 0 atom stereocenters. The molecule has 0 bridgehead atoms. The van der Waals surface area contributed by atoms with Crippen molar-refractivity contribution in [3.63, 3.8) is 0 Å². The lowest BCUT2D eigenvalue weighted by atomic mass is 9.91. The van der Waals surface area contributed by atoms with Crippen LogP contribution >= 0.6 is 15.9 Å². The molecule has 1 amide bonds. The summed E-state index contributed by atoms with van der Waals surface area (Å²) in [5.74, 6) is -0.686. The number of carbonyl (C=O) groups excluding carboxylic acids is 2. The third kappa shape index (κ3) is 3.63. The molecule has 1 fully saturated rings. The van der Waals surface area contributed by atoms with Crippen LogP contribution in [0.15, 0.2) is 28.7 Å². The molecule has 0 unspecified atom stereocenters. The van der Waals surface area contributed by atoms with Crippen molar-refractivity contribution in [3.8, 4) is 0 Å². The maximum absolute atomic E-state index is 12.3. The summed E-state index contributed by atoms with van der Waals surface area (Å²) < 4.78 is 5.79. The van der Waals surface area contributed by atoms with Crippen molar-refractivity contribution in [2.75, 3.05) is 19.7 Å². The number of hydrogen-bond donors (Lipinski definition) is 1. The third-order valence-corrected chi connectivity index (χ3v) is 4.15. The molecule has 1 heterocycles. The van der Waals surface area contributed by atoms with Gasteiger partial charge in [0.15, 0.2) is 5.60 Å². The minimum Gasteiger partial charge on any atom is -0.464 e. The molecule has 114 valence electrons. The predicted octanol–water partition coefficient (Wildman–Crippen LogP) is 1.98. The number of hydrogen-bond acceptors (Lipinski definition) is 4. The lowest BCUT2D eigenvalue weighted by Crippen LogP contribution is -2.51. The van der Waals surface area contributed by atoms with Crippen molar-refractivity contribution in [1.82, 2.24) is 4.90 Å². The van der Waals surface area contributed by atoms with Crippen LogP contribution in [0, 0.1) is 0 Å². The summed E-state index contributed by atoms with van der Waals surface area (Å²) in [6.45, 7) is 2.62. The van der Waals surface area contributed by atoms with Crippen LogP contribution in [0.4, 0.5) is 0 Å². The summed E-state index contributed by atoms with van der Waals surface area (Å²) in [5.41, 5.74) is -0.869. The second-order valence-electron chi connectivity index (χ2n) is 5.05. The summed E-state index contributed by atoms with van der Waals surface area (Å²) >= 11 is 3.33. The van der Waals surface area contributed by atoms with Crippen LogP contribution in [0.1, 0.15) is 30.1 Å². The van der Waals surface area contributed by atoms with Crippen molar-refractivity contribution in [1.29, 1.82) is 0 Å². The van der Waals surface area contributed by atoms with Gasteiger partial charge in [0.1, 0.15) is 0 Å². The number of rotatable bonds is 3. The molecule has 0 radical (unpaired) electrons.